The van der Waals surface area contributed by atoms with Gasteiger partial charge in [-0.15, -0.1) is 0 Å². The third kappa shape index (κ3) is 8.88. The Morgan fingerprint density at radius 1 is 0.929 bits per heavy atom. The Kier molecular flexibility index (Phi) is 10.1. The molecule has 0 fully saturated rings. The van der Waals surface area contributed by atoms with Gasteiger partial charge in [0.05, 0.1) is 13.2 Å². The lowest BCUT2D eigenvalue weighted by Gasteiger charge is -2.18. The molecule has 0 heterocycles. The molecule has 0 aliphatic carbocycles. The maximum atomic E-state index is 12.5. The van der Waals surface area contributed by atoms with E-state index in [0.717, 1.165) is 5.69 Å². The first-order valence-corrected chi connectivity index (χ1v) is 9.63. The van der Waals surface area contributed by atoms with E-state index in [-0.39, 0.29) is 31.3 Å². The smallest absolute Gasteiger partial charge is 0.328 e. The van der Waals surface area contributed by atoms with Gasteiger partial charge in [0.15, 0.2) is 0 Å². The maximum absolute atomic E-state index is 12.5. The van der Waals surface area contributed by atoms with Gasteiger partial charge >= 0.3 is 11.9 Å². The fraction of sp³-hybridized carbons (Fsp3) is 0.571. The molecule has 0 bridgehead atoms. The van der Waals surface area contributed by atoms with Crippen LogP contribution < -0.4 is 10.6 Å². The van der Waals surface area contributed by atoms with Gasteiger partial charge in [0, 0.05) is 24.7 Å². The lowest BCUT2D eigenvalue weighted by molar-refractivity contribution is -0.148. The van der Waals surface area contributed by atoms with Crippen LogP contribution >= 0.6 is 0 Å². The van der Waals surface area contributed by atoms with Crippen molar-refractivity contribution in [1.29, 1.82) is 0 Å². The highest BCUT2D eigenvalue weighted by Crippen LogP contribution is 2.10. The van der Waals surface area contributed by atoms with Crippen molar-refractivity contribution in [2.75, 3.05) is 25.6 Å². The van der Waals surface area contributed by atoms with Crippen LogP contribution in [-0.2, 0) is 19.1 Å². The number of carbonyl (C=O) groups excluding carboxylic acids is 3. The minimum Gasteiger partial charge on any atom is -0.465 e. The molecule has 0 aliphatic rings. The van der Waals surface area contributed by atoms with Crippen LogP contribution in [0.2, 0.25) is 0 Å². The van der Waals surface area contributed by atoms with Gasteiger partial charge in [-0.05, 0) is 42.5 Å². The summed E-state index contributed by atoms with van der Waals surface area (Å²) in [6, 6.07) is 5.94. The van der Waals surface area contributed by atoms with Gasteiger partial charge in [0.1, 0.15) is 6.04 Å². The van der Waals surface area contributed by atoms with Gasteiger partial charge in [-0.1, -0.05) is 27.7 Å². The molecule has 1 amide bonds. The second kappa shape index (κ2) is 12.0. The van der Waals surface area contributed by atoms with Gasteiger partial charge < -0.3 is 20.1 Å². The number of carbonyl (C=O) groups is 3. The van der Waals surface area contributed by atoms with Crippen LogP contribution in [0.5, 0.6) is 0 Å². The van der Waals surface area contributed by atoms with Crippen molar-refractivity contribution in [2.24, 2.45) is 11.8 Å². The summed E-state index contributed by atoms with van der Waals surface area (Å²) >= 11 is 0. The molecule has 156 valence electrons. The minimum absolute atomic E-state index is 0.0210. The van der Waals surface area contributed by atoms with Crippen molar-refractivity contribution in [3.63, 3.8) is 0 Å². The Morgan fingerprint density at radius 3 is 2.04 bits per heavy atom. The zero-order valence-electron chi connectivity index (χ0n) is 17.4. The molecule has 0 spiro atoms. The number of hydrogen-bond acceptors (Lipinski definition) is 6. The maximum Gasteiger partial charge on any atom is 0.328 e. The molecule has 0 aromatic heterocycles. The van der Waals surface area contributed by atoms with E-state index in [1.807, 2.05) is 27.7 Å². The van der Waals surface area contributed by atoms with E-state index in [9.17, 15) is 14.4 Å². The van der Waals surface area contributed by atoms with Crippen LogP contribution in [-0.4, -0.2) is 44.1 Å². The summed E-state index contributed by atoms with van der Waals surface area (Å²) < 4.78 is 10.4. The summed E-state index contributed by atoms with van der Waals surface area (Å²) in [6.45, 7) is 8.31. The Labute approximate surface area is 167 Å². The molecule has 0 saturated heterocycles. The molecule has 0 saturated carbocycles. The standard InChI is InChI=1S/C21H32N2O5/c1-14(2)12-27-19(24)11-10-18(21(26)28-13-15(3)4)23-20(25)16-6-8-17(22-5)9-7-16/h6-9,14-15,18,22H,10-13H2,1-5H3,(H,23,25)/t18-/m0/s1. The Hall–Kier alpha value is -2.57. The number of benzene rings is 1. The molecule has 0 unspecified atom stereocenters. The van der Waals surface area contributed by atoms with Gasteiger partial charge in [-0.3, -0.25) is 9.59 Å². The number of esters is 2. The van der Waals surface area contributed by atoms with Crippen LogP contribution in [0.4, 0.5) is 5.69 Å². The quantitative estimate of drug-likeness (QED) is 0.562. The Bertz CT molecular complexity index is 641. The lowest BCUT2D eigenvalue weighted by atomic mass is 10.1. The summed E-state index contributed by atoms with van der Waals surface area (Å²) in [7, 11) is 1.79. The number of hydrogen-bond donors (Lipinski definition) is 2. The lowest BCUT2D eigenvalue weighted by Crippen LogP contribution is -2.42. The van der Waals surface area contributed by atoms with Crippen molar-refractivity contribution in [3.05, 3.63) is 29.8 Å². The zero-order chi connectivity index (χ0) is 21.1. The molecular formula is C21H32N2O5. The van der Waals surface area contributed by atoms with E-state index in [1.165, 1.54) is 0 Å². The van der Waals surface area contributed by atoms with E-state index >= 15 is 0 Å². The monoisotopic (exact) mass is 392 g/mol. The van der Waals surface area contributed by atoms with Crippen molar-refractivity contribution in [2.45, 2.75) is 46.6 Å². The van der Waals surface area contributed by atoms with Gasteiger partial charge in [0.2, 0.25) is 0 Å². The predicted octanol–water partition coefficient (Wildman–Crippen LogP) is 3.01. The van der Waals surface area contributed by atoms with Crippen LogP contribution in [0.3, 0.4) is 0 Å². The van der Waals surface area contributed by atoms with Gasteiger partial charge in [-0.2, -0.15) is 0 Å². The Balaban J connectivity index is 2.73. The van der Waals surface area contributed by atoms with Crippen LogP contribution in [0.15, 0.2) is 24.3 Å². The zero-order valence-corrected chi connectivity index (χ0v) is 17.4. The SMILES string of the molecule is CNc1ccc(C(=O)N[C@@H](CCC(=O)OCC(C)C)C(=O)OCC(C)C)cc1. The Morgan fingerprint density at radius 2 is 1.50 bits per heavy atom. The van der Waals surface area contributed by atoms with Crippen molar-refractivity contribution in [1.82, 2.24) is 5.32 Å². The van der Waals surface area contributed by atoms with Crippen molar-refractivity contribution in [3.8, 4) is 0 Å². The fourth-order valence-electron chi connectivity index (χ4n) is 2.22. The first-order valence-electron chi connectivity index (χ1n) is 9.63. The molecule has 0 radical (unpaired) electrons. The minimum atomic E-state index is -0.915. The molecule has 1 aromatic rings. The number of rotatable bonds is 11. The largest absolute Gasteiger partial charge is 0.465 e. The molecule has 2 N–H and O–H groups in total. The topological polar surface area (TPSA) is 93.7 Å². The summed E-state index contributed by atoms with van der Waals surface area (Å²) in [5.74, 6) is -0.945. The molecule has 7 nitrogen and oxygen atoms in total. The first-order chi connectivity index (χ1) is 13.2. The van der Waals surface area contributed by atoms with Gasteiger partial charge in [-0.25, -0.2) is 4.79 Å². The summed E-state index contributed by atoms with van der Waals surface area (Å²) in [5.41, 5.74) is 1.29. The van der Waals surface area contributed by atoms with Crippen LogP contribution in [0.1, 0.15) is 50.9 Å². The number of anilines is 1. The second-order valence-electron chi connectivity index (χ2n) is 7.49. The molecule has 1 aromatic carbocycles. The molecular weight excluding hydrogens is 360 g/mol. The average Bonchev–Trinajstić information content (AvgIpc) is 2.67. The number of ether oxygens (including phenoxy) is 2. The van der Waals surface area contributed by atoms with E-state index in [4.69, 9.17) is 9.47 Å². The van der Waals surface area contributed by atoms with Gasteiger partial charge in [0.25, 0.3) is 5.91 Å². The van der Waals surface area contributed by atoms with E-state index in [1.54, 1.807) is 31.3 Å². The summed E-state index contributed by atoms with van der Waals surface area (Å²) in [6.07, 6.45) is 0.140. The number of nitrogens with one attached hydrogen (secondary N) is 2. The highest BCUT2D eigenvalue weighted by atomic mass is 16.5. The molecule has 7 heteroatoms. The predicted molar refractivity (Wildman–Crippen MR) is 108 cm³/mol. The first kappa shape index (κ1) is 23.5. The average molecular weight is 392 g/mol. The molecule has 1 atom stereocenters. The molecule has 28 heavy (non-hydrogen) atoms. The third-order valence-electron chi connectivity index (χ3n) is 3.80. The highest BCUT2D eigenvalue weighted by Gasteiger charge is 2.24. The van der Waals surface area contributed by atoms with Crippen LogP contribution in [0.25, 0.3) is 0 Å². The molecule has 1 rings (SSSR count). The summed E-state index contributed by atoms with van der Waals surface area (Å²) in [4.78, 5) is 36.8. The van der Waals surface area contributed by atoms with E-state index in [2.05, 4.69) is 10.6 Å². The normalized spacial score (nSPS) is 11.8. The third-order valence-corrected chi connectivity index (χ3v) is 3.80. The second-order valence-corrected chi connectivity index (χ2v) is 7.49. The van der Waals surface area contributed by atoms with Crippen molar-refractivity contribution >= 4 is 23.5 Å². The van der Waals surface area contributed by atoms with Crippen LogP contribution in [0, 0.1) is 11.8 Å². The summed E-state index contributed by atoms with van der Waals surface area (Å²) in [5, 5.41) is 5.65. The van der Waals surface area contributed by atoms with Crippen molar-refractivity contribution < 1.29 is 23.9 Å². The van der Waals surface area contributed by atoms with E-state index in [0.29, 0.717) is 12.2 Å². The fourth-order valence-corrected chi connectivity index (χ4v) is 2.22. The number of amides is 1. The highest BCUT2D eigenvalue weighted by molar-refractivity contribution is 5.97. The molecule has 0 aliphatic heterocycles. The van der Waals surface area contributed by atoms with E-state index < -0.39 is 23.9 Å².